The zero-order chi connectivity index (χ0) is 15.6. The van der Waals surface area contributed by atoms with E-state index in [1.165, 1.54) is 44.9 Å². The molecule has 2 aliphatic rings. The third-order valence-corrected chi connectivity index (χ3v) is 10.4. The summed E-state index contributed by atoms with van der Waals surface area (Å²) in [5.41, 5.74) is 0.812. The van der Waals surface area contributed by atoms with Crippen molar-refractivity contribution in [2.75, 3.05) is 0 Å². The van der Waals surface area contributed by atoms with Gasteiger partial charge in [0.1, 0.15) is 0 Å². The van der Waals surface area contributed by atoms with Crippen molar-refractivity contribution in [3.8, 4) is 0 Å². The van der Waals surface area contributed by atoms with E-state index in [4.69, 9.17) is 4.74 Å². The summed E-state index contributed by atoms with van der Waals surface area (Å²) in [6.45, 7) is 7.48. The lowest BCUT2D eigenvalue weighted by molar-refractivity contribution is 0.0148. The molecular formula is C20H32OSi. The van der Waals surface area contributed by atoms with Crippen molar-refractivity contribution in [3.05, 3.63) is 30.3 Å². The maximum Gasteiger partial charge on any atom is 0.0866 e. The molecule has 0 unspecified atom stereocenters. The van der Waals surface area contributed by atoms with E-state index in [0.717, 1.165) is 11.5 Å². The van der Waals surface area contributed by atoms with Gasteiger partial charge >= 0.3 is 0 Å². The van der Waals surface area contributed by atoms with E-state index in [1.54, 1.807) is 5.19 Å². The quantitative estimate of drug-likeness (QED) is 0.685. The van der Waals surface area contributed by atoms with Gasteiger partial charge in [-0.25, -0.2) is 0 Å². The molecule has 4 atom stereocenters. The van der Waals surface area contributed by atoms with Crippen LogP contribution in [-0.4, -0.2) is 20.3 Å². The maximum atomic E-state index is 6.62. The van der Waals surface area contributed by atoms with Gasteiger partial charge in [0.05, 0.1) is 20.3 Å². The van der Waals surface area contributed by atoms with Crippen LogP contribution >= 0.6 is 0 Å². The van der Waals surface area contributed by atoms with Gasteiger partial charge in [-0.15, -0.1) is 0 Å². The van der Waals surface area contributed by atoms with Gasteiger partial charge in [-0.1, -0.05) is 81.2 Å². The summed E-state index contributed by atoms with van der Waals surface area (Å²) in [5.74, 6) is 0.831. The molecule has 1 aromatic rings. The van der Waals surface area contributed by atoms with Gasteiger partial charge in [0.2, 0.25) is 0 Å². The first-order valence-corrected chi connectivity index (χ1v) is 12.4. The molecule has 1 aliphatic carbocycles. The molecular weight excluding hydrogens is 284 g/mol. The van der Waals surface area contributed by atoms with E-state index in [2.05, 4.69) is 50.3 Å². The summed E-state index contributed by atoms with van der Waals surface area (Å²) in [6.07, 6.45) is 10.5. The molecule has 1 aromatic carbocycles. The number of fused-ring (bicyclic) bond motifs is 1. The lowest BCUT2D eigenvalue weighted by Gasteiger charge is -2.38. The zero-order valence-corrected chi connectivity index (χ0v) is 15.6. The minimum atomic E-state index is -1.49. The van der Waals surface area contributed by atoms with Gasteiger partial charge in [-0.2, -0.15) is 0 Å². The Morgan fingerprint density at radius 1 is 1.09 bits per heavy atom. The minimum Gasteiger partial charge on any atom is -0.375 e. The summed E-state index contributed by atoms with van der Waals surface area (Å²) < 4.78 is 6.62. The van der Waals surface area contributed by atoms with Gasteiger partial charge in [0, 0.05) is 0 Å². The zero-order valence-electron chi connectivity index (χ0n) is 14.6. The van der Waals surface area contributed by atoms with Crippen molar-refractivity contribution in [1.82, 2.24) is 0 Å². The fourth-order valence-electron chi connectivity index (χ4n) is 5.00. The van der Waals surface area contributed by atoms with Crippen molar-refractivity contribution >= 4 is 13.3 Å². The molecule has 0 bridgehead atoms. The third kappa shape index (κ3) is 3.05. The van der Waals surface area contributed by atoms with Crippen LogP contribution in [0.15, 0.2) is 30.3 Å². The predicted molar refractivity (Wildman–Crippen MR) is 97.5 cm³/mol. The monoisotopic (exact) mass is 316 g/mol. The average molecular weight is 317 g/mol. The number of rotatable bonds is 5. The standard InChI is InChI=1S/C20H32OSi/c1-4-5-14-19-20(17-13-9-10-15-18(17)21-19)22(2,3)16-11-7-6-8-12-16/h6-8,11-12,17-20H,4-5,9-10,13-15H2,1-3H3/t17-,18-,19-,20+/m1/s1. The second kappa shape index (κ2) is 6.88. The first-order valence-electron chi connectivity index (χ1n) is 9.35. The Labute approximate surface area is 137 Å². The molecule has 0 N–H and O–H groups in total. The number of hydrogen-bond donors (Lipinski definition) is 0. The molecule has 3 rings (SSSR count). The Kier molecular flexibility index (Phi) is 5.09. The Morgan fingerprint density at radius 3 is 2.55 bits per heavy atom. The molecule has 122 valence electrons. The van der Waals surface area contributed by atoms with Crippen molar-refractivity contribution < 1.29 is 4.74 Å². The molecule has 22 heavy (non-hydrogen) atoms. The van der Waals surface area contributed by atoms with Crippen molar-refractivity contribution in [2.45, 2.75) is 82.7 Å². The molecule has 1 nitrogen and oxygen atoms in total. The molecule has 1 aliphatic heterocycles. The number of ether oxygens (including phenoxy) is 1. The van der Waals surface area contributed by atoms with Crippen LogP contribution in [-0.2, 0) is 4.74 Å². The molecule has 0 spiro atoms. The highest BCUT2D eigenvalue weighted by Gasteiger charge is 2.52. The normalized spacial score (nSPS) is 32.0. The summed E-state index contributed by atoms with van der Waals surface area (Å²) in [7, 11) is -1.49. The fourth-order valence-corrected chi connectivity index (χ4v) is 9.07. The van der Waals surface area contributed by atoms with Crippen LogP contribution in [0, 0.1) is 5.92 Å². The fraction of sp³-hybridized carbons (Fsp3) is 0.700. The van der Waals surface area contributed by atoms with Gasteiger partial charge < -0.3 is 4.74 Å². The first-order chi connectivity index (χ1) is 10.6. The highest BCUT2D eigenvalue weighted by atomic mass is 28.3. The molecule has 0 radical (unpaired) electrons. The molecule has 1 saturated heterocycles. The molecule has 1 heterocycles. The van der Waals surface area contributed by atoms with Crippen molar-refractivity contribution in [3.63, 3.8) is 0 Å². The predicted octanol–water partition coefficient (Wildman–Crippen LogP) is 5.12. The van der Waals surface area contributed by atoms with Crippen LogP contribution in [0.2, 0.25) is 18.6 Å². The van der Waals surface area contributed by atoms with Crippen LogP contribution in [0.3, 0.4) is 0 Å². The average Bonchev–Trinajstić information content (AvgIpc) is 2.92. The highest BCUT2D eigenvalue weighted by molar-refractivity contribution is 6.91. The van der Waals surface area contributed by atoms with E-state index in [-0.39, 0.29) is 0 Å². The van der Waals surface area contributed by atoms with Crippen LogP contribution in [0.4, 0.5) is 0 Å². The SMILES string of the molecule is CCCC[C@H]1O[C@@H]2CCCC[C@H]2[C@@H]1[Si](C)(C)c1ccccc1. The molecule has 2 heteroatoms. The third-order valence-electron chi connectivity index (χ3n) is 6.16. The van der Waals surface area contributed by atoms with E-state index >= 15 is 0 Å². The molecule has 0 aromatic heterocycles. The van der Waals surface area contributed by atoms with Crippen molar-refractivity contribution in [2.24, 2.45) is 5.92 Å². The molecule has 0 amide bonds. The van der Waals surface area contributed by atoms with E-state index in [0.29, 0.717) is 12.2 Å². The highest BCUT2D eigenvalue weighted by Crippen LogP contribution is 2.50. The first kappa shape index (κ1) is 16.3. The lowest BCUT2D eigenvalue weighted by Crippen LogP contribution is -2.51. The summed E-state index contributed by atoms with van der Waals surface area (Å²) in [4.78, 5) is 0. The Balaban J connectivity index is 1.88. The molecule has 2 fully saturated rings. The van der Waals surface area contributed by atoms with Crippen LogP contribution in [0.25, 0.3) is 0 Å². The van der Waals surface area contributed by atoms with Gasteiger partial charge in [-0.05, 0) is 30.7 Å². The van der Waals surface area contributed by atoms with Crippen LogP contribution in [0.5, 0.6) is 0 Å². The van der Waals surface area contributed by atoms with Gasteiger partial charge in [-0.3, -0.25) is 0 Å². The Morgan fingerprint density at radius 2 is 1.82 bits per heavy atom. The largest absolute Gasteiger partial charge is 0.375 e. The van der Waals surface area contributed by atoms with E-state index < -0.39 is 8.07 Å². The number of hydrogen-bond acceptors (Lipinski definition) is 1. The van der Waals surface area contributed by atoms with Crippen LogP contribution in [0.1, 0.15) is 51.9 Å². The topological polar surface area (TPSA) is 9.23 Å². The Bertz CT molecular complexity index is 470. The number of benzene rings is 1. The molecule has 1 saturated carbocycles. The van der Waals surface area contributed by atoms with Crippen molar-refractivity contribution in [1.29, 1.82) is 0 Å². The Hall–Kier alpha value is -0.603. The van der Waals surface area contributed by atoms with Gasteiger partial charge in [0.15, 0.2) is 0 Å². The van der Waals surface area contributed by atoms with E-state index in [9.17, 15) is 0 Å². The minimum absolute atomic E-state index is 0.523. The summed E-state index contributed by atoms with van der Waals surface area (Å²) in [5, 5.41) is 1.62. The lowest BCUT2D eigenvalue weighted by atomic mass is 9.84. The number of unbranched alkanes of at least 4 members (excludes halogenated alkanes) is 1. The smallest absolute Gasteiger partial charge is 0.0866 e. The van der Waals surface area contributed by atoms with E-state index in [1.807, 2.05) is 0 Å². The second-order valence-corrected chi connectivity index (χ2v) is 12.6. The van der Waals surface area contributed by atoms with Crippen LogP contribution < -0.4 is 5.19 Å². The second-order valence-electron chi connectivity index (χ2n) is 7.92. The van der Waals surface area contributed by atoms with Gasteiger partial charge in [0.25, 0.3) is 0 Å². The maximum absolute atomic E-state index is 6.62. The summed E-state index contributed by atoms with van der Waals surface area (Å²) in [6, 6.07) is 11.3. The summed E-state index contributed by atoms with van der Waals surface area (Å²) >= 11 is 0.